The van der Waals surface area contributed by atoms with Crippen LogP contribution in [-0.2, 0) is 16.1 Å². The lowest BCUT2D eigenvalue weighted by Gasteiger charge is -2.45. The summed E-state index contributed by atoms with van der Waals surface area (Å²) in [6, 6.07) is 7.79. The fraction of sp³-hybridized carbons (Fsp3) is 0.458. The maximum atomic E-state index is 12.2. The van der Waals surface area contributed by atoms with Gasteiger partial charge >= 0.3 is 0 Å². The summed E-state index contributed by atoms with van der Waals surface area (Å²) in [6.07, 6.45) is 2.65. The van der Waals surface area contributed by atoms with Crippen LogP contribution in [0.4, 0.5) is 5.82 Å². The molecule has 1 aromatic carbocycles. The number of nitrogen functional groups attached to an aromatic ring is 1. The zero-order valence-electron chi connectivity index (χ0n) is 18.6. The standard InChI is InChI=1S/C24H29N5O3/c1-3-5-19(30)28-11-10-24(15-28)12-18(13-24)29-22(25)20(23(26)31)21(27-29)17-8-6-16(7-9-17)14-32-4-2/h6-9,18H,4,10-15,25H2,1-2H3,(H2,26,31). The van der Waals surface area contributed by atoms with Crippen LogP contribution >= 0.6 is 0 Å². The molecule has 4 N–H and O–H groups in total. The largest absolute Gasteiger partial charge is 0.383 e. The third kappa shape index (κ3) is 3.96. The summed E-state index contributed by atoms with van der Waals surface area (Å²) in [7, 11) is 0. The monoisotopic (exact) mass is 435 g/mol. The lowest BCUT2D eigenvalue weighted by atomic mass is 9.65. The van der Waals surface area contributed by atoms with Crippen LogP contribution in [0, 0.1) is 17.3 Å². The minimum Gasteiger partial charge on any atom is -0.383 e. The van der Waals surface area contributed by atoms with Crippen LogP contribution in [0.5, 0.6) is 0 Å². The number of rotatable bonds is 6. The Morgan fingerprint density at radius 1 is 1.28 bits per heavy atom. The molecular weight excluding hydrogens is 406 g/mol. The molecule has 1 aliphatic carbocycles. The number of hydrogen-bond donors (Lipinski definition) is 2. The summed E-state index contributed by atoms with van der Waals surface area (Å²) in [5.74, 6) is 4.89. The highest BCUT2D eigenvalue weighted by atomic mass is 16.5. The van der Waals surface area contributed by atoms with Gasteiger partial charge in [0.2, 0.25) is 0 Å². The van der Waals surface area contributed by atoms with E-state index in [4.69, 9.17) is 21.3 Å². The number of anilines is 1. The summed E-state index contributed by atoms with van der Waals surface area (Å²) < 4.78 is 7.18. The van der Waals surface area contributed by atoms with Crippen molar-refractivity contribution < 1.29 is 14.3 Å². The normalized spacial score (nSPS) is 21.8. The van der Waals surface area contributed by atoms with Crippen molar-refractivity contribution in [1.82, 2.24) is 14.7 Å². The Labute approximate surface area is 187 Å². The third-order valence-electron chi connectivity index (χ3n) is 6.53. The van der Waals surface area contributed by atoms with Crippen molar-refractivity contribution in [3.05, 3.63) is 35.4 Å². The van der Waals surface area contributed by atoms with Gasteiger partial charge < -0.3 is 21.1 Å². The molecule has 1 saturated heterocycles. The molecule has 0 bridgehead atoms. The molecule has 1 saturated carbocycles. The minimum absolute atomic E-state index is 0.0715. The zero-order chi connectivity index (χ0) is 22.9. The summed E-state index contributed by atoms with van der Waals surface area (Å²) >= 11 is 0. The second kappa shape index (κ2) is 8.67. The fourth-order valence-electron chi connectivity index (χ4n) is 4.89. The summed E-state index contributed by atoms with van der Waals surface area (Å²) in [4.78, 5) is 26.1. The van der Waals surface area contributed by atoms with Crippen LogP contribution < -0.4 is 11.5 Å². The SMILES string of the molecule is CC#CC(=O)N1CCC2(CC(n3nc(-c4ccc(COCC)cc4)c(C(N)=O)c3N)C2)C1. The highest BCUT2D eigenvalue weighted by Crippen LogP contribution is 2.54. The number of likely N-dealkylation sites (tertiary alicyclic amines) is 1. The maximum absolute atomic E-state index is 12.2. The van der Waals surface area contributed by atoms with E-state index >= 15 is 0 Å². The average molecular weight is 436 g/mol. The quantitative estimate of drug-likeness (QED) is 0.676. The number of aromatic nitrogens is 2. The molecule has 168 valence electrons. The molecule has 2 aliphatic rings. The summed E-state index contributed by atoms with van der Waals surface area (Å²) in [6.45, 7) is 6.23. The number of carbonyl (C=O) groups is 2. The topological polar surface area (TPSA) is 116 Å². The number of carbonyl (C=O) groups excluding carboxylic acids is 2. The molecule has 2 amide bonds. The van der Waals surface area contributed by atoms with Gasteiger partial charge in [-0.1, -0.05) is 30.2 Å². The molecule has 0 atom stereocenters. The van der Waals surface area contributed by atoms with Crippen molar-refractivity contribution in [2.24, 2.45) is 11.1 Å². The van der Waals surface area contributed by atoms with Crippen LogP contribution in [0.3, 0.4) is 0 Å². The molecule has 2 heterocycles. The summed E-state index contributed by atoms with van der Waals surface area (Å²) in [5.41, 5.74) is 14.7. The van der Waals surface area contributed by atoms with E-state index in [1.807, 2.05) is 36.1 Å². The first-order valence-corrected chi connectivity index (χ1v) is 10.9. The van der Waals surface area contributed by atoms with E-state index in [1.165, 1.54) is 0 Å². The molecule has 32 heavy (non-hydrogen) atoms. The molecule has 2 aromatic rings. The number of primary amides is 1. The van der Waals surface area contributed by atoms with Crippen molar-refractivity contribution in [3.8, 4) is 23.1 Å². The van der Waals surface area contributed by atoms with Gasteiger partial charge in [0.25, 0.3) is 11.8 Å². The van der Waals surface area contributed by atoms with Crippen LogP contribution in [0.25, 0.3) is 11.3 Å². The lowest BCUT2D eigenvalue weighted by Crippen LogP contribution is -2.42. The van der Waals surface area contributed by atoms with Gasteiger partial charge in [0.15, 0.2) is 0 Å². The molecule has 8 nitrogen and oxygen atoms in total. The number of ether oxygens (including phenoxy) is 1. The highest BCUT2D eigenvalue weighted by Gasteiger charge is 2.51. The molecule has 8 heteroatoms. The third-order valence-corrected chi connectivity index (χ3v) is 6.53. The van der Waals surface area contributed by atoms with Gasteiger partial charge in [0, 0.05) is 25.3 Å². The van der Waals surface area contributed by atoms with E-state index in [1.54, 1.807) is 11.6 Å². The molecule has 2 fully saturated rings. The first-order valence-electron chi connectivity index (χ1n) is 10.9. The van der Waals surface area contributed by atoms with E-state index in [-0.39, 0.29) is 22.9 Å². The van der Waals surface area contributed by atoms with Crippen LogP contribution in [0.1, 0.15) is 55.1 Å². The highest BCUT2D eigenvalue weighted by molar-refractivity contribution is 6.03. The van der Waals surface area contributed by atoms with Crippen molar-refractivity contribution in [3.63, 3.8) is 0 Å². The second-order valence-corrected chi connectivity index (χ2v) is 8.67. The Bertz CT molecular complexity index is 1090. The van der Waals surface area contributed by atoms with Gasteiger partial charge in [0.1, 0.15) is 17.1 Å². The number of amides is 2. The molecule has 0 unspecified atom stereocenters. The molecule has 0 radical (unpaired) electrons. The lowest BCUT2D eigenvalue weighted by molar-refractivity contribution is -0.125. The molecule has 1 spiro atoms. The predicted molar refractivity (Wildman–Crippen MR) is 121 cm³/mol. The van der Waals surface area contributed by atoms with E-state index in [2.05, 4.69) is 11.8 Å². The van der Waals surface area contributed by atoms with E-state index in [0.717, 1.165) is 36.9 Å². The van der Waals surface area contributed by atoms with E-state index in [9.17, 15) is 9.59 Å². The van der Waals surface area contributed by atoms with Gasteiger partial charge in [-0.15, -0.1) is 0 Å². The predicted octanol–water partition coefficient (Wildman–Crippen LogP) is 2.34. The average Bonchev–Trinajstić information content (AvgIpc) is 3.34. The van der Waals surface area contributed by atoms with Crippen LogP contribution in [-0.4, -0.2) is 46.2 Å². The first kappa shape index (κ1) is 21.9. The molecule has 4 rings (SSSR count). The molecule has 1 aromatic heterocycles. The van der Waals surface area contributed by atoms with Crippen LogP contribution in [0.2, 0.25) is 0 Å². The van der Waals surface area contributed by atoms with Gasteiger partial charge in [-0.2, -0.15) is 5.10 Å². The zero-order valence-corrected chi connectivity index (χ0v) is 18.6. The van der Waals surface area contributed by atoms with Crippen molar-refractivity contribution >= 4 is 17.6 Å². The van der Waals surface area contributed by atoms with Crippen molar-refractivity contribution in [2.75, 3.05) is 25.4 Å². The number of nitrogens with zero attached hydrogens (tertiary/aromatic N) is 3. The number of nitrogens with two attached hydrogens (primary N) is 2. The van der Waals surface area contributed by atoms with Gasteiger partial charge in [-0.3, -0.25) is 9.59 Å². The summed E-state index contributed by atoms with van der Waals surface area (Å²) in [5, 5.41) is 4.71. The Morgan fingerprint density at radius 2 is 2.00 bits per heavy atom. The molecular formula is C24H29N5O3. The Morgan fingerprint density at radius 3 is 2.62 bits per heavy atom. The second-order valence-electron chi connectivity index (χ2n) is 8.67. The smallest absolute Gasteiger partial charge is 0.298 e. The Kier molecular flexibility index (Phi) is 5.94. The number of hydrogen-bond acceptors (Lipinski definition) is 5. The van der Waals surface area contributed by atoms with E-state index < -0.39 is 5.91 Å². The first-order chi connectivity index (χ1) is 15.4. The Hall–Kier alpha value is -3.31. The molecule has 1 aliphatic heterocycles. The Balaban J connectivity index is 1.53. The van der Waals surface area contributed by atoms with Gasteiger partial charge in [0.05, 0.1) is 12.6 Å². The minimum atomic E-state index is -0.591. The van der Waals surface area contributed by atoms with E-state index in [0.29, 0.717) is 31.3 Å². The fourth-order valence-corrected chi connectivity index (χ4v) is 4.89. The van der Waals surface area contributed by atoms with Crippen molar-refractivity contribution in [2.45, 2.75) is 45.8 Å². The van der Waals surface area contributed by atoms with Crippen LogP contribution in [0.15, 0.2) is 24.3 Å². The van der Waals surface area contributed by atoms with Crippen molar-refractivity contribution in [1.29, 1.82) is 0 Å². The number of benzene rings is 1. The van der Waals surface area contributed by atoms with Gasteiger partial charge in [-0.05, 0) is 50.0 Å². The van der Waals surface area contributed by atoms with Gasteiger partial charge in [-0.25, -0.2) is 4.68 Å². The maximum Gasteiger partial charge on any atom is 0.298 e.